The zero-order valence-corrected chi connectivity index (χ0v) is 13.0. The molecule has 0 fully saturated rings. The Morgan fingerprint density at radius 3 is 2.72 bits per heavy atom. The molecule has 0 aliphatic carbocycles. The van der Waals surface area contributed by atoms with Gasteiger partial charge in [0, 0.05) is 25.8 Å². The zero-order valence-electron chi connectivity index (χ0n) is 9.25. The average Bonchev–Trinajstić information content (AvgIpc) is 2.34. The van der Waals surface area contributed by atoms with Crippen LogP contribution in [0.1, 0.15) is 5.56 Å². The van der Waals surface area contributed by atoms with Gasteiger partial charge < -0.3 is 10.4 Å². The molecule has 2 aromatic carbocycles. The molecule has 0 aliphatic heterocycles. The summed E-state index contributed by atoms with van der Waals surface area (Å²) in [7, 11) is 0. The number of hydrogen-bond donors (Lipinski definition) is 2. The van der Waals surface area contributed by atoms with E-state index in [1.807, 2.05) is 18.2 Å². The second-order valence-electron chi connectivity index (χ2n) is 3.76. The predicted molar refractivity (Wildman–Crippen MR) is 82.3 cm³/mol. The number of aromatic hydroxyl groups is 1. The van der Waals surface area contributed by atoms with E-state index in [1.54, 1.807) is 0 Å². The summed E-state index contributed by atoms with van der Waals surface area (Å²) in [4.78, 5) is 0. The lowest BCUT2D eigenvalue weighted by molar-refractivity contribution is 0.466. The number of hydrogen-bond acceptors (Lipinski definition) is 2. The van der Waals surface area contributed by atoms with Crippen LogP contribution in [0.4, 0.5) is 10.1 Å². The minimum Gasteiger partial charge on any atom is -0.508 e. The standard InChI is InChI=1S/C13H10BrFINO/c14-11-3-2-10(6-12(11)16)17-7-8-5-9(15)1-4-13(8)18/h1-6,17-18H,7H2. The average molecular weight is 422 g/mol. The maximum atomic E-state index is 13.0. The largest absolute Gasteiger partial charge is 0.508 e. The van der Waals surface area contributed by atoms with Gasteiger partial charge in [0.1, 0.15) is 11.6 Å². The first-order chi connectivity index (χ1) is 8.56. The van der Waals surface area contributed by atoms with Crippen molar-refractivity contribution in [2.24, 2.45) is 0 Å². The van der Waals surface area contributed by atoms with Crippen molar-refractivity contribution in [3.8, 4) is 5.75 Å². The van der Waals surface area contributed by atoms with E-state index in [4.69, 9.17) is 0 Å². The van der Waals surface area contributed by atoms with Crippen molar-refractivity contribution in [3.05, 3.63) is 55.8 Å². The minimum atomic E-state index is -0.352. The molecule has 5 heteroatoms. The van der Waals surface area contributed by atoms with Crippen molar-refractivity contribution < 1.29 is 9.50 Å². The van der Waals surface area contributed by atoms with Crippen LogP contribution in [-0.4, -0.2) is 5.11 Å². The normalized spacial score (nSPS) is 10.4. The van der Waals surface area contributed by atoms with E-state index in [0.29, 0.717) is 12.1 Å². The summed E-state index contributed by atoms with van der Waals surface area (Å²) in [6.45, 7) is 0.376. The summed E-state index contributed by atoms with van der Waals surface area (Å²) in [6, 6.07) is 9.75. The number of benzene rings is 2. The second kappa shape index (κ2) is 5.88. The topological polar surface area (TPSA) is 32.3 Å². The number of halogens is 3. The number of nitrogens with one attached hydrogen (secondary N) is 1. The molecule has 0 radical (unpaired) electrons. The number of anilines is 1. The van der Waals surface area contributed by atoms with Crippen molar-refractivity contribution in [1.29, 1.82) is 0 Å². The number of rotatable bonds is 3. The molecule has 0 atom stereocenters. The highest BCUT2D eigenvalue weighted by molar-refractivity contribution is 14.1. The Bertz CT molecular complexity index is 577. The Morgan fingerprint density at radius 2 is 2.00 bits per heavy atom. The third kappa shape index (κ3) is 3.35. The summed E-state index contributed by atoms with van der Waals surface area (Å²) in [5.41, 5.74) is 1.46. The Kier molecular flexibility index (Phi) is 4.45. The van der Waals surface area contributed by atoms with Crippen LogP contribution in [-0.2, 0) is 6.54 Å². The fourth-order valence-electron chi connectivity index (χ4n) is 1.50. The Balaban J connectivity index is 2.11. The predicted octanol–water partition coefficient (Wildman–Crippen LogP) is 4.51. The summed E-state index contributed by atoms with van der Waals surface area (Å²) in [6.07, 6.45) is 0. The van der Waals surface area contributed by atoms with E-state index in [9.17, 15) is 9.50 Å². The molecule has 2 aromatic rings. The van der Waals surface area contributed by atoms with Crippen LogP contribution in [0.3, 0.4) is 0 Å². The second-order valence-corrected chi connectivity index (χ2v) is 5.77. The van der Waals surface area contributed by atoms with Crippen LogP contribution in [0.5, 0.6) is 5.75 Å². The highest BCUT2D eigenvalue weighted by Crippen LogP contribution is 2.24. The lowest BCUT2D eigenvalue weighted by atomic mass is 10.2. The molecule has 0 spiro atoms. The van der Waals surface area contributed by atoms with Gasteiger partial charge in [-0.25, -0.2) is 4.39 Å². The molecule has 2 nitrogen and oxygen atoms in total. The van der Waals surface area contributed by atoms with E-state index >= 15 is 0 Å². The third-order valence-electron chi connectivity index (χ3n) is 2.44. The molecule has 0 aromatic heterocycles. The molecule has 0 bridgehead atoms. The first-order valence-corrected chi connectivity index (χ1v) is 7.10. The zero-order chi connectivity index (χ0) is 13.1. The van der Waals surface area contributed by atoms with Crippen LogP contribution in [0.15, 0.2) is 40.9 Å². The quantitative estimate of drug-likeness (QED) is 0.714. The summed E-state index contributed by atoms with van der Waals surface area (Å²) in [5.74, 6) is -0.259. The molecule has 0 saturated heterocycles. The van der Waals surface area contributed by atoms with Gasteiger partial charge in [0.25, 0.3) is 0 Å². The van der Waals surface area contributed by atoms with Gasteiger partial charge in [-0.1, -0.05) is 0 Å². The highest BCUT2D eigenvalue weighted by atomic mass is 127. The lowest BCUT2D eigenvalue weighted by Crippen LogP contribution is -2.00. The highest BCUT2D eigenvalue weighted by Gasteiger charge is 2.03. The Morgan fingerprint density at radius 1 is 1.22 bits per heavy atom. The van der Waals surface area contributed by atoms with Crippen LogP contribution < -0.4 is 5.32 Å². The Labute approximate surface area is 126 Å². The van der Waals surface area contributed by atoms with Gasteiger partial charge >= 0.3 is 0 Å². The molecule has 0 unspecified atom stereocenters. The molecular weight excluding hydrogens is 412 g/mol. The maximum absolute atomic E-state index is 13.0. The molecule has 0 amide bonds. The van der Waals surface area contributed by atoms with Gasteiger partial charge in [-0.05, 0) is 74.9 Å². The van der Waals surface area contributed by atoms with Crippen LogP contribution >= 0.6 is 38.5 Å². The number of phenols is 1. The smallest absolute Gasteiger partial charge is 0.123 e. The molecule has 0 saturated carbocycles. The van der Waals surface area contributed by atoms with Crippen molar-refractivity contribution in [2.75, 3.05) is 5.32 Å². The summed E-state index contributed by atoms with van der Waals surface area (Å²) in [5, 5.41) is 12.7. The summed E-state index contributed by atoms with van der Waals surface area (Å²) < 4.78 is 15.2. The van der Waals surface area contributed by atoms with Gasteiger partial charge in [0.2, 0.25) is 0 Å². The summed E-state index contributed by atoms with van der Waals surface area (Å²) >= 11 is 5.64. The van der Waals surface area contributed by atoms with Crippen molar-refractivity contribution in [3.63, 3.8) is 0 Å². The van der Waals surface area contributed by atoms with Gasteiger partial charge in [-0.2, -0.15) is 0 Å². The fourth-order valence-corrected chi connectivity index (χ4v) is 2.26. The molecule has 2 rings (SSSR count). The molecule has 94 valence electrons. The third-order valence-corrected chi connectivity index (χ3v) is 4.77. The van der Waals surface area contributed by atoms with Crippen molar-refractivity contribution in [1.82, 2.24) is 0 Å². The first kappa shape index (κ1) is 13.6. The van der Waals surface area contributed by atoms with E-state index in [2.05, 4.69) is 43.8 Å². The van der Waals surface area contributed by atoms with Crippen molar-refractivity contribution >= 4 is 44.2 Å². The van der Waals surface area contributed by atoms with Crippen LogP contribution in [0.25, 0.3) is 0 Å². The van der Waals surface area contributed by atoms with Crippen LogP contribution in [0.2, 0.25) is 0 Å². The van der Waals surface area contributed by atoms with Crippen LogP contribution in [0, 0.1) is 9.39 Å². The first-order valence-electron chi connectivity index (χ1n) is 5.22. The molecule has 2 N–H and O–H groups in total. The molecular formula is C13H10BrFINO. The van der Waals surface area contributed by atoms with Crippen molar-refractivity contribution in [2.45, 2.75) is 6.54 Å². The van der Waals surface area contributed by atoms with Gasteiger partial charge in [-0.15, -0.1) is 0 Å². The SMILES string of the molecule is Oc1ccc(F)cc1CNc1ccc(Br)c(I)c1. The monoisotopic (exact) mass is 421 g/mol. The van der Waals surface area contributed by atoms with E-state index in [0.717, 1.165) is 13.7 Å². The minimum absolute atomic E-state index is 0.0932. The van der Waals surface area contributed by atoms with Gasteiger partial charge in [0.15, 0.2) is 0 Å². The lowest BCUT2D eigenvalue weighted by Gasteiger charge is -2.09. The van der Waals surface area contributed by atoms with Gasteiger partial charge in [0.05, 0.1) is 0 Å². The van der Waals surface area contributed by atoms with E-state index < -0.39 is 0 Å². The van der Waals surface area contributed by atoms with Gasteiger partial charge in [-0.3, -0.25) is 0 Å². The molecule has 0 aliphatic rings. The molecule has 18 heavy (non-hydrogen) atoms. The maximum Gasteiger partial charge on any atom is 0.123 e. The Hall–Kier alpha value is -0.820. The van der Waals surface area contributed by atoms with E-state index in [-0.39, 0.29) is 11.6 Å². The molecule has 0 heterocycles. The van der Waals surface area contributed by atoms with E-state index in [1.165, 1.54) is 18.2 Å². The number of phenolic OH excluding ortho intramolecular Hbond substituents is 1. The fraction of sp³-hybridized carbons (Fsp3) is 0.0769.